The zero-order chi connectivity index (χ0) is 20.5. The SMILES string of the molecule is COCc1cc(-c2ccc(F)c(C)c2)nn1CC(=O)N1CC2=C(C1)SC(C)=[N+]=C2. The standard InChI is InChI=1S/C21H22FN4O2S/c1-13-6-15(4-5-18(13)22)19-7-17(12-28-3)26(24-19)11-21(27)25-9-16-8-23-14(2)29-20(16)10-25/h4-8H,9-12H2,1-3H3/q+1. The molecule has 0 radical (unpaired) electrons. The molecule has 0 N–H and O–H groups in total. The van der Waals surface area contributed by atoms with Gasteiger partial charge in [-0.2, -0.15) is 5.10 Å². The van der Waals surface area contributed by atoms with Gasteiger partial charge in [0.15, 0.2) is 0 Å². The molecule has 0 atom stereocenters. The second-order valence-corrected chi connectivity index (χ2v) is 8.44. The molecule has 1 amide bonds. The predicted octanol–water partition coefficient (Wildman–Crippen LogP) is 2.54. The highest BCUT2D eigenvalue weighted by atomic mass is 32.2. The number of thioether (sulfide) groups is 1. The van der Waals surface area contributed by atoms with Crippen LogP contribution in [0, 0.1) is 12.7 Å². The summed E-state index contributed by atoms with van der Waals surface area (Å²) in [4.78, 5) is 15.9. The summed E-state index contributed by atoms with van der Waals surface area (Å²) in [5, 5.41) is 5.59. The van der Waals surface area contributed by atoms with Gasteiger partial charge in [0, 0.05) is 24.5 Å². The Morgan fingerprint density at radius 1 is 1.31 bits per heavy atom. The van der Waals surface area contributed by atoms with Gasteiger partial charge in [-0.1, -0.05) is 4.67 Å². The fraction of sp³-hybridized carbons (Fsp3) is 0.333. The Morgan fingerprint density at radius 3 is 2.90 bits per heavy atom. The Hall–Kier alpha value is -2.67. The van der Waals surface area contributed by atoms with Crippen LogP contribution in [0.15, 0.2) is 34.7 Å². The van der Waals surface area contributed by atoms with Gasteiger partial charge in [0.05, 0.1) is 36.7 Å². The fourth-order valence-electron chi connectivity index (χ4n) is 3.41. The molecule has 0 aliphatic carbocycles. The summed E-state index contributed by atoms with van der Waals surface area (Å²) < 4.78 is 24.9. The van der Waals surface area contributed by atoms with Gasteiger partial charge in [-0.3, -0.25) is 9.48 Å². The molecule has 1 aromatic carbocycles. The molecular formula is C21H22FN4O2S+. The molecule has 4 rings (SSSR count). The van der Waals surface area contributed by atoms with Gasteiger partial charge in [-0.05, 0) is 48.5 Å². The molecule has 150 valence electrons. The first-order valence-electron chi connectivity index (χ1n) is 9.32. The minimum atomic E-state index is -0.250. The molecule has 0 saturated heterocycles. The van der Waals surface area contributed by atoms with Crippen molar-refractivity contribution in [3.63, 3.8) is 0 Å². The third-order valence-corrected chi connectivity index (χ3v) is 6.01. The molecule has 1 aromatic heterocycles. The van der Waals surface area contributed by atoms with E-state index in [0.29, 0.717) is 31.0 Å². The second kappa shape index (κ2) is 7.99. The minimum absolute atomic E-state index is 0.00616. The second-order valence-electron chi connectivity index (χ2n) is 7.15. The quantitative estimate of drug-likeness (QED) is 0.707. The number of hydrogen-bond acceptors (Lipinski definition) is 4. The minimum Gasteiger partial charge on any atom is -0.378 e. The summed E-state index contributed by atoms with van der Waals surface area (Å²) in [6.45, 7) is 5.33. The molecule has 0 saturated carbocycles. The summed E-state index contributed by atoms with van der Waals surface area (Å²) in [6.07, 6.45) is 1.85. The van der Waals surface area contributed by atoms with Crippen molar-refractivity contribution in [2.45, 2.75) is 27.0 Å². The van der Waals surface area contributed by atoms with Crippen LogP contribution in [0.5, 0.6) is 0 Å². The fourth-order valence-corrected chi connectivity index (χ4v) is 4.35. The monoisotopic (exact) mass is 413 g/mol. The lowest BCUT2D eigenvalue weighted by molar-refractivity contribution is -0.130. The first-order chi connectivity index (χ1) is 13.9. The number of carbonyl (C=O) groups excluding carboxylic acids is 1. The van der Waals surface area contributed by atoms with Crippen LogP contribution in [-0.4, -0.2) is 52.0 Å². The van der Waals surface area contributed by atoms with Crippen LogP contribution in [0.1, 0.15) is 18.2 Å². The number of aryl methyl sites for hydroxylation is 1. The molecule has 3 heterocycles. The number of methoxy groups -OCH3 is 1. The maximum atomic E-state index is 13.6. The lowest BCUT2D eigenvalue weighted by atomic mass is 10.1. The average Bonchev–Trinajstić information content (AvgIpc) is 3.28. The van der Waals surface area contributed by atoms with Crippen LogP contribution in [0.25, 0.3) is 11.3 Å². The molecular weight excluding hydrogens is 391 g/mol. The van der Waals surface area contributed by atoms with E-state index in [2.05, 4.69) is 9.77 Å². The number of carbonyl (C=O) groups is 1. The zero-order valence-electron chi connectivity index (χ0n) is 16.6. The van der Waals surface area contributed by atoms with Gasteiger partial charge in [-0.25, -0.2) is 4.39 Å². The van der Waals surface area contributed by atoms with Crippen molar-refractivity contribution in [1.82, 2.24) is 19.3 Å². The van der Waals surface area contributed by atoms with Crippen molar-refractivity contribution in [3.05, 3.63) is 51.8 Å². The Balaban J connectivity index is 1.52. The normalized spacial score (nSPS) is 15.7. The topological polar surface area (TPSA) is 61.5 Å². The van der Waals surface area contributed by atoms with Gasteiger partial charge in [0.2, 0.25) is 5.91 Å². The van der Waals surface area contributed by atoms with Crippen molar-refractivity contribution in [1.29, 1.82) is 0 Å². The van der Waals surface area contributed by atoms with Crippen molar-refractivity contribution in [2.24, 2.45) is 0 Å². The third-order valence-electron chi connectivity index (χ3n) is 4.97. The zero-order valence-corrected chi connectivity index (χ0v) is 17.4. The molecule has 0 spiro atoms. The Morgan fingerprint density at radius 2 is 2.14 bits per heavy atom. The Labute approximate surface area is 172 Å². The predicted molar refractivity (Wildman–Crippen MR) is 113 cm³/mol. The van der Waals surface area contributed by atoms with Crippen molar-refractivity contribution in [2.75, 3.05) is 20.2 Å². The van der Waals surface area contributed by atoms with E-state index < -0.39 is 0 Å². The maximum absolute atomic E-state index is 13.6. The van der Waals surface area contributed by atoms with Gasteiger partial charge in [0.25, 0.3) is 6.21 Å². The lowest BCUT2D eigenvalue weighted by Gasteiger charge is -2.16. The Bertz CT molecular complexity index is 1080. The van der Waals surface area contributed by atoms with Crippen molar-refractivity contribution < 1.29 is 13.9 Å². The molecule has 2 aliphatic rings. The number of ether oxygens (including phenoxy) is 1. The van der Waals surface area contributed by atoms with Crippen LogP contribution in [-0.2, 0) is 22.7 Å². The van der Waals surface area contributed by atoms with E-state index in [1.165, 1.54) is 11.0 Å². The largest absolute Gasteiger partial charge is 0.378 e. The first-order valence-corrected chi connectivity index (χ1v) is 10.1. The number of halogens is 1. The third kappa shape index (κ3) is 4.05. The van der Waals surface area contributed by atoms with E-state index in [1.54, 1.807) is 42.6 Å². The van der Waals surface area contributed by atoms with Crippen LogP contribution in [0.2, 0.25) is 0 Å². The molecule has 8 heteroatoms. The maximum Gasteiger partial charge on any atom is 0.338 e. The first kappa shape index (κ1) is 19.6. The molecule has 2 aromatic rings. The summed E-state index contributed by atoms with van der Waals surface area (Å²) in [5.41, 5.74) is 3.97. The highest BCUT2D eigenvalue weighted by Gasteiger charge is 2.31. The van der Waals surface area contributed by atoms with Gasteiger partial charge in [0.1, 0.15) is 12.4 Å². The van der Waals surface area contributed by atoms with Crippen LogP contribution >= 0.6 is 11.8 Å². The molecule has 0 fully saturated rings. The van der Waals surface area contributed by atoms with Crippen LogP contribution in [0.3, 0.4) is 0 Å². The lowest BCUT2D eigenvalue weighted by Crippen LogP contribution is -2.33. The highest BCUT2D eigenvalue weighted by molar-refractivity contribution is 8.17. The van der Waals surface area contributed by atoms with E-state index in [-0.39, 0.29) is 18.3 Å². The smallest absolute Gasteiger partial charge is 0.338 e. The summed E-state index contributed by atoms with van der Waals surface area (Å²) >= 11 is 1.63. The van der Waals surface area contributed by atoms with E-state index in [4.69, 9.17) is 4.74 Å². The summed E-state index contributed by atoms with van der Waals surface area (Å²) in [5.74, 6) is -0.256. The average molecular weight is 413 g/mol. The molecule has 2 aliphatic heterocycles. The van der Waals surface area contributed by atoms with E-state index in [1.807, 2.05) is 24.1 Å². The van der Waals surface area contributed by atoms with E-state index in [0.717, 1.165) is 21.9 Å². The molecule has 6 nitrogen and oxygen atoms in total. The molecule has 29 heavy (non-hydrogen) atoms. The van der Waals surface area contributed by atoms with Crippen molar-refractivity contribution in [3.8, 4) is 11.3 Å². The van der Waals surface area contributed by atoms with E-state index >= 15 is 0 Å². The van der Waals surface area contributed by atoms with Gasteiger partial charge >= 0.3 is 5.04 Å². The summed E-state index contributed by atoms with van der Waals surface area (Å²) in [7, 11) is 1.61. The number of amides is 1. The summed E-state index contributed by atoms with van der Waals surface area (Å²) in [6, 6.07) is 6.77. The Kier molecular flexibility index (Phi) is 5.41. The van der Waals surface area contributed by atoms with Gasteiger partial charge < -0.3 is 9.64 Å². The number of hydrogen-bond donors (Lipinski definition) is 0. The van der Waals surface area contributed by atoms with Crippen LogP contribution in [0.4, 0.5) is 4.39 Å². The van der Waals surface area contributed by atoms with Gasteiger partial charge in [-0.15, -0.1) is 0 Å². The number of nitrogens with zero attached hydrogens (tertiary/aromatic N) is 4. The van der Waals surface area contributed by atoms with E-state index in [9.17, 15) is 9.18 Å². The number of aromatic nitrogens is 2. The van der Waals surface area contributed by atoms with Crippen molar-refractivity contribution >= 4 is 28.9 Å². The van der Waals surface area contributed by atoms with Crippen LogP contribution < -0.4 is 4.67 Å². The number of benzene rings is 1. The molecule has 0 unspecified atom stereocenters. The number of rotatable bonds is 5. The highest BCUT2D eigenvalue weighted by Crippen LogP contribution is 2.29. The molecule has 0 bridgehead atoms.